The van der Waals surface area contributed by atoms with E-state index in [1.807, 2.05) is 13.8 Å². The van der Waals surface area contributed by atoms with Crippen LogP contribution in [-0.4, -0.2) is 44.2 Å². The predicted octanol–water partition coefficient (Wildman–Crippen LogP) is 2.10. The summed E-state index contributed by atoms with van der Waals surface area (Å²) in [6.45, 7) is 4.30. The lowest BCUT2D eigenvalue weighted by Gasteiger charge is -2.22. The number of rotatable bonds is 7. The average Bonchev–Trinajstić information content (AvgIpc) is 2.44. The first kappa shape index (κ1) is 17.6. The molecule has 0 radical (unpaired) electrons. The van der Waals surface area contributed by atoms with E-state index in [2.05, 4.69) is 0 Å². The maximum Gasteiger partial charge on any atom is 0.260 e. The lowest BCUT2D eigenvalue weighted by Crippen LogP contribution is -2.36. The van der Waals surface area contributed by atoms with Crippen molar-refractivity contribution in [3.05, 3.63) is 22.7 Å². The topological polar surface area (TPSA) is 64.8 Å². The number of hydrogen-bond acceptors (Lipinski definition) is 4. The number of methoxy groups -OCH3 is 1. The van der Waals surface area contributed by atoms with Crippen molar-refractivity contribution >= 4 is 17.5 Å². The molecule has 0 unspecified atom stereocenters. The van der Waals surface area contributed by atoms with E-state index in [1.165, 1.54) is 7.11 Å². The van der Waals surface area contributed by atoms with Gasteiger partial charge in [-0.2, -0.15) is 0 Å². The smallest absolute Gasteiger partial charge is 0.260 e. The van der Waals surface area contributed by atoms with E-state index in [0.717, 1.165) is 5.56 Å². The number of ether oxygens (including phenoxy) is 2. The summed E-state index contributed by atoms with van der Waals surface area (Å²) in [6, 6.07) is 3.56. The molecule has 0 saturated heterocycles. The van der Waals surface area contributed by atoms with E-state index in [4.69, 9.17) is 26.8 Å². The summed E-state index contributed by atoms with van der Waals surface area (Å²) in [7, 11) is 3.28. The van der Waals surface area contributed by atoms with E-state index in [-0.39, 0.29) is 18.6 Å². The molecule has 0 aliphatic rings. The van der Waals surface area contributed by atoms with Gasteiger partial charge >= 0.3 is 0 Å². The van der Waals surface area contributed by atoms with Crippen molar-refractivity contribution in [2.24, 2.45) is 5.73 Å². The first-order valence-corrected chi connectivity index (χ1v) is 7.23. The summed E-state index contributed by atoms with van der Waals surface area (Å²) in [5.41, 5.74) is 6.44. The third-order valence-electron chi connectivity index (χ3n) is 3.24. The zero-order valence-electron chi connectivity index (χ0n) is 13.0. The molecule has 0 bridgehead atoms. The third-order valence-corrected chi connectivity index (χ3v) is 3.46. The number of nitrogens with zero attached hydrogens (tertiary/aromatic N) is 1. The van der Waals surface area contributed by atoms with Crippen LogP contribution in [0.1, 0.15) is 19.4 Å². The highest BCUT2D eigenvalue weighted by molar-refractivity contribution is 6.30. The van der Waals surface area contributed by atoms with Crippen molar-refractivity contribution in [1.82, 2.24) is 4.90 Å². The van der Waals surface area contributed by atoms with Gasteiger partial charge in [0, 0.05) is 29.7 Å². The Morgan fingerprint density at radius 1 is 1.43 bits per heavy atom. The number of benzene rings is 1. The van der Waals surface area contributed by atoms with Gasteiger partial charge in [0.25, 0.3) is 5.91 Å². The molecule has 0 heterocycles. The number of halogens is 1. The lowest BCUT2D eigenvalue weighted by molar-refractivity contribution is -0.133. The van der Waals surface area contributed by atoms with Crippen LogP contribution >= 0.6 is 11.6 Å². The molecular weight excluding hydrogens is 292 g/mol. The van der Waals surface area contributed by atoms with Gasteiger partial charge in [0.2, 0.25) is 0 Å². The molecule has 0 atom stereocenters. The van der Waals surface area contributed by atoms with Gasteiger partial charge in [-0.05, 0) is 32.9 Å². The molecule has 1 aromatic carbocycles. The van der Waals surface area contributed by atoms with Gasteiger partial charge in [-0.3, -0.25) is 4.79 Å². The van der Waals surface area contributed by atoms with E-state index in [0.29, 0.717) is 29.5 Å². The minimum atomic E-state index is -0.0966. The summed E-state index contributed by atoms with van der Waals surface area (Å²) in [4.78, 5) is 13.6. The molecule has 21 heavy (non-hydrogen) atoms. The van der Waals surface area contributed by atoms with Crippen molar-refractivity contribution in [1.29, 1.82) is 0 Å². The molecular formula is C15H23ClN2O3. The van der Waals surface area contributed by atoms with Crippen LogP contribution in [0.3, 0.4) is 0 Å². The maximum absolute atomic E-state index is 12.0. The quantitative estimate of drug-likeness (QED) is 0.837. The van der Waals surface area contributed by atoms with Crippen LogP contribution in [0.5, 0.6) is 11.5 Å². The van der Waals surface area contributed by atoms with Crippen LogP contribution < -0.4 is 15.2 Å². The van der Waals surface area contributed by atoms with Crippen molar-refractivity contribution in [2.75, 3.05) is 27.3 Å². The monoisotopic (exact) mass is 314 g/mol. The van der Waals surface area contributed by atoms with Crippen molar-refractivity contribution in [3.63, 3.8) is 0 Å². The Labute approximate surface area is 131 Å². The molecule has 1 rings (SSSR count). The van der Waals surface area contributed by atoms with Gasteiger partial charge in [-0.1, -0.05) is 11.6 Å². The summed E-state index contributed by atoms with van der Waals surface area (Å²) >= 11 is 6.04. The Kier molecular flexibility index (Phi) is 6.78. The number of carbonyl (C=O) groups is 1. The van der Waals surface area contributed by atoms with Gasteiger partial charge in [-0.25, -0.2) is 0 Å². The molecule has 0 spiro atoms. The Balaban J connectivity index is 2.93. The van der Waals surface area contributed by atoms with E-state index in [1.54, 1.807) is 24.1 Å². The van der Waals surface area contributed by atoms with Crippen LogP contribution in [0.25, 0.3) is 0 Å². The minimum Gasteiger partial charge on any atom is -0.493 e. The Bertz CT molecular complexity index is 492. The number of carbonyl (C=O) groups excluding carboxylic acids is 1. The van der Waals surface area contributed by atoms with E-state index < -0.39 is 0 Å². The zero-order chi connectivity index (χ0) is 16.0. The lowest BCUT2D eigenvalue weighted by atomic mass is 10.1. The zero-order valence-corrected chi connectivity index (χ0v) is 13.7. The number of likely N-dealkylation sites (N-methyl/N-ethyl adjacent to an activating group) is 1. The summed E-state index contributed by atoms with van der Waals surface area (Å²) < 4.78 is 10.9. The molecule has 0 aromatic heterocycles. The Hall–Kier alpha value is -1.46. The number of nitrogens with two attached hydrogens (primary N) is 1. The molecule has 1 aromatic rings. The van der Waals surface area contributed by atoms with Crippen molar-refractivity contribution < 1.29 is 14.3 Å². The van der Waals surface area contributed by atoms with Crippen LogP contribution in [-0.2, 0) is 11.2 Å². The number of hydrogen-bond donors (Lipinski definition) is 1. The first-order valence-electron chi connectivity index (χ1n) is 6.85. The van der Waals surface area contributed by atoms with Gasteiger partial charge in [0.15, 0.2) is 18.1 Å². The summed E-state index contributed by atoms with van der Waals surface area (Å²) in [5, 5.41) is 0.549. The fourth-order valence-corrected chi connectivity index (χ4v) is 2.03. The third kappa shape index (κ3) is 4.79. The van der Waals surface area contributed by atoms with Crippen LogP contribution in [0.4, 0.5) is 0 Å². The highest BCUT2D eigenvalue weighted by Gasteiger charge is 2.17. The Morgan fingerprint density at radius 2 is 2.10 bits per heavy atom. The average molecular weight is 315 g/mol. The van der Waals surface area contributed by atoms with Gasteiger partial charge in [-0.15, -0.1) is 0 Å². The second-order valence-electron chi connectivity index (χ2n) is 5.02. The van der Waals surface area contributed by atoms with Gasteiger partial charge < -0.3 is 20.1 Å². The summed E-state index contributed by atoms with van der Waals surface area (Å²) in [6.07, 6.45) is 0.598. The second kappa shape index (κ2) is 8.10. The summed E-state index contributed by atoms with van der Waals surface area (Å²) in [5.74, 6) is 0.935. The van der Waals surface area contributed by atoms with Crippen LogP contribution in [0.15, 0.2) is 12.1 Å². The second-order valence-corrected chi connectivity index (χ2v) is 5.46. The molecule has 1 amide bonds. The first-order chi connectivity index (χ1) is 9.90. The van der Waals surface area contributed by atoms with Crippen LogP contribution in [0.2, 0.25) is 5.02 Å². The van der Waals surface area contributed by atoms with Crippen molar-refractivity contribution in [3.8, 4) is 11.5 Å². The van der Waals surface area contributed by atoms with E-state index in [9.17, 15) is 4.79 Å². The van der Waals surface area contributed by atoms with E-state index >= 15 is 0 Å². The molecule has 0 aliphatic heterocycles. The Morgan fingerprint density at radius 3 is 2.62 bits per heavy atom. The highest BCUT2D eigenvalue weighted by atomic mass is 35.5. The largest absolute Gasteiger partial charge is 0.493 e. The molecule has 5 nitrogen and oxygen atoms in total. The fourth-order valence-electron chi connectivity index (χ4n) is 1.80. The normalized spacial score (nSPS) is 10.6. The maximum atomic E-state index is 12.0. The highest BCUT2D eigenvalue weighted by Crippen LogP contribution is 2.35. The minimum absolute atomic E-state index is 0.0513. The SMILES string of the molecule is COc1cc(Cl)cc(CCN)c1OCC(=O)N(C)C(C)C. The van der Waals surface area contributed by atoms with Gasteiger partial charge in [0.1, 0.15) is 0 Å². The number of amides is 1. The standard InChI is InChI=1S/C15H23ClN2O3/c1-10(2)18(3)14(19)9-21-15-11(5-6-17)7-12(16)8-13(15)20-4/h7-8,10H,5-6,9,17H2,1-4H3. The van der Waals surface area contributed by atoms with Crippen molar-refractivity contribution in [2.45, 2.75) is 26.3 Å². The van der Waals surface area contributed by atoms with Gasteiger partial charge in [0.05, 0.1) is 7.11 Å². The molecule has 2 N–H and O–H groups in total. The molecule has 0 fully saturated rings. The molecule has 6 heteroatoms. The predicted molar refractivity (Wildman–Crippen MR) is 84.2 cm³/mol. The molecule has 118 valence electrons. The van der Waals surface area contributed by atoms with Crippen LogP contribution in [0, 0.1) is 0 Å². The molecule has 0 aliphatic carbocycles. The molecule has 0 saturated carbocycles. The fraction of sp³-hybridized carbons (Fsp3) is 0.533.